The van der Waals surface area contributed by atoms with Crippen molar-refractivity contribution >= 4 is 17.3 Å². The highest BCUT2D eigenvalue weighted by atomic mass is 16.5. The number of hydrogen-bond acceptors (Lipinski definition) is 4. The van der Waals surface area contributed by atoms with Crippen LogP contribution in [0.5, 0.6) is 5.75 Å². The third kappa shape index (κ3) is 3.98. The number of anilines is 2. The van der Waals surface area contributed by atoms with Crippen LogP contribution in [0.1, 0.15) is 12.1 Å². The molecule has 0 aliphatic rings. The van der Waals surface area contributed by atoms with E-state index in [0.29, 0.717) is 18.0 Å². The number of carbonyl (C=O) groups is 1. The SMILES string of the molecule is Cc1ncccc1NC(=O)CCOc1cccc(N)c1. The average Bonchev–Trinajstić information content (AvgIpc) is 2.41. The van der Waals surface area contributed by atoms with Gasteiger partial charge in [-0.1, -0.05) is 6.07 Å². The zero-order valence-electron chi connectivity index (χ0n) is 11.3. The molecule has 1 heterocycles. The molecule has 104 valence electrons. The number of carbonyl (C=O) groups excluding carboxylic acids is 1. The second-order valence-electron chi connectivity index (χ2n) is 4.36. The van der Waals surface area contributed by atoms with Crippen molar-refractivity contribution in [2.24, 2.45) is 0 Å². The van der Waals surface area contributed by atoms with Crippen molar-refractivity contribution in [2.45, 2.75) is 13.3 Å². The van der Waals surface area contributed by atoms with E-state index in [4.69, 9.17) is 10.5 Å². The van der Waals surface area contributed by atoms with E-state index in [-0.39, 0.29) is 12.3 Å². The molecule has 1 aromatic heterocycles. The lowest BCUT2D eigenvalue weighted by molar-refractivity contribution is -0.116. The zero-order valence-corrected chi connectivity index (χ0v) is 11.3. The smallest absolute Gasteiger partial charge is 0.227 e. The molecule has 0 radical (unpaired) electrons. The fraction of sp³-hybridized carbons (Fsp3) is 0.200. The van der Waals surface area contributed by atoms with Gasteiger partial charge in [-0.3, -0.25) is 9.78 Å². The van der Waals surface area contributed by atoms with Crippen LogP contribution in [0.2, 0.25) is 0 Å². The highest BCUT2D eigenvalue weighted by Gasteiger charge is 2.05. The lowest BCUT2D eigenvalue weighted by Gasteiger charge is -2.08. The Hall–Kier alpha value is -2.56. The van der Waals surface area contributed by atoms with Gasteiger partial charge in [0.05, 0.1) is 24.4 Å². The summed E-state index contributed by atoms with van der Waals surface area (Å²) < 4.78 is 5.47. The number of aryl methyl sites for hydroxylation is 1. The number of nitrogens with zero attached hydrogens (tertiary/aromatic N) is 1. The molecule has 0 aliphatic heterocycles. The van der Waals surface area contributed by atoms with Crippen LogP contribution in [0.25, 0.3) is 0 Å². The standard InChI is InChI=1S/C15H17N3O2/c1-11-14(6-3-8-17-11)18-15(19)7-9-20-13-5-2-4-12(16)10-13/h2-6,8,10H,7,9,16H2,1H3,(H,18,19). The molecule has 5 heteroatoms. The van der Waals surface area contributed by atoms with E-state index in [1.54, 1.807) is 30.5 Å². The molecule has 20 heavy (non-hydrogen) atoms. The summed E-state index contributed by atoms with van der Waals surface area (Å²) in [5, 5.41) is 2.80. The van der Waals surface area contributed by atoms with Crippen LogP contribution in [-0.4, -0.2) is 17.5 Å². The molecule has 0 saturated carbocycles. The molecular formula is C15H17N3O2. The summed E-state index contributed by atoms with van der Waals surface area (Å²) in [5.41, 5.74) is 7.79. The van der Waals surface area contributed by atoms with Gasteiger partial charge in [0.15, 0.2) is 0 Å². The number of ether oxygens (including phenoxy) is 1. The van der Waals surface area contributed by atoms with Crippen molar-refractivity contribution < 1.29 is 9.53 Å². The second-order valence-corrected chi connectivity index (χ2v) is 4.36. The minimum atomic E-state index is -0.106. The molecule has 0 spiro atoms. The van der Waals surface area contributed by atoms with Crippen LogP contribution in [0, 0.1) is 6.92 Å². The fourth-order valence-electron chi connectivity index (χ4n) is 1.69. The van der Waals surface area contributed by atoms with Crippen molar-refractivity contribution in [3.63, 3.8) is 0 Å². The third-order valence-electron chi connectivity index (χ3n) is 2.74. The zero-order chi connectivity index (χ0) is 14.4. The van der Waals surface area contributed by atoms with Crippen molar-refractivity contribution in [1.29, 1.82) is 0 Å². The molecule has 1 aromatic carbocycles. The van der Waals surface area contributed by atoms with E-state index in [1.165, 1.54) is 0 Å². The van der Waals surface area contributed by atoms with E-state index in [9.17, 15) is 4.79 Å². The Morgan fingerprint density at radius 3 is 2.95 bits per heavy atom. The maximum absolute atomic E-state index is 11.8. The molecule has 0 unspecified atom stereocenters. The van der Waals surface area contributed by atoms with Gasteiger partial charge in [-0.25, -0.2) is 0 Å². The highest BCUT2D eigenvalue weighted by Crippen LogP contribution is 2.15. The Morgan fingerprint density at radius 1 is 1.35 bits per heavy atom. The first-order valence-corrected chi connectivity index (χ1v) is 6.35. The predicted molar refractivity (Wildman–Crippen MR) is 78.6 cm³/mol. The summed E-state index contributed by atoms with van der Waals surface area (Å²) >= 11 is 0. The van der Waals surface area contributed by atoms with Gasteiger partial charge in [-0.2, -0.15) is 0 Å². The monoisotopic (exact) mass is 271 g/mol. The Bertz CT molecular complexity index is 599. The van der Waals surface area contributed by atoms with Crippen LogP contribution in [0.15, 0.2) is 42.6 Å². The number of aromatic nitrogens is 1. The number of nitrogen functional groups attached to an aromatic ring is 1. The first-order chi connectivity index (χ1) is 9.65. The van der Waals surface area contributed by atoms with Gasteiger partial charge in [0.2, 0.25) is 5.91 Å². The van der Waals surface area contributed by atoms with Gasteiger partial charge in [0.1, 0.15) is 5.75 Å². The first-order valence-electron chi connectivity index (χ1n) is 6.35. The number of hydrogen-bond donors (Lipinski definition) is 2. The summed E-state index contributed by atoms with van der Waals surface area (Å²) in [4.78, 5) is 15.9. The van der Waals surface area contributed by atoms with Gasteiger partial charge >= 0.3 is 0 Å². The number of nitrogens with two attached hydrogens (primary N) is 1. The molecule has 0 bridgehead atoms. The third-order valence-corrected chi connectivity index (χ3v) is 2.74. The molecular weight excluding hydrogens is 254 g/mol. The van der Waals surface area contributed by atoms with E-state index in [0.717, 1.165) is 11.4 Å². The van der Waals surface area contributed by atoms with Crippen LogP contribution in [-0.2, 0) is 4.79 Å². The van der Waals surface area contributed by atoms with Crippen molar-refractivity contribution in [3.05, 3.63) is 48.3 Å². The summed E-state index contributed by atoms with van der Waals surface area (Å²) in [6.07, 6.45) is 1.96. The minimum absolute atomic E-state index is 0.106. The Balaban J connectivity index is 1.80. The Morgan fingerprint density at radius 2 is 2.20 bits per heavy atom. The Labute approximate surface area is 117 Å². The van der Waals surface area contributed by atoms with Gasteiger partial charge in [-0.05, 0) is 31.2 Å². The fourth-order valence-corrected chi connectivity index (χ4v) is 1.69. The van der Waals surface area contributed by atoms with E-state index >= 15 is 0 Å². The second kappa shape index (κ2) is 6.56. The first kappa shape index (κ1) is 13.9. The van der Waals surface area contributed by atoms with Crippen molar-refractivity contribution in [3.8, 4) is 5.75 Å². The van der Waals surface area contributed by atoms with Crippen LogP contribution in [0.3, 0.4) is 0 Å². The lowest BCUT2D eigenvalue weighted by atomic mass is 10.3. The lowest BCUT2D eigenvalue weighted by Crippen LogP contribution is -2.16. The predicted octanol–water partition coefficient (Wildman–Crippen LogP) is 2.38. The molecule has 0 atom stereocenters. The molecule has 0 saturated heterocycles. The molecule has 5 nitrogen and oxygen atoms in total. The number of nitrogens with one attached hydrogen (secondary N) is 1. The molecule has 0 aliphatic carbocycles. The van der Waals surface area contributed by atoms with Gasteiger partial charge in [0.25, 0.3) is 0 Å². The molecule has 1 amide bonds. The van der Waals surface area contributed by atoms with E-state index in [1.807, 2.05) is 19.1 Å². The molecule has 3 N–H and O–H groups in total. The topological polar surface area (TPSA) is 77.2 Å². The normalized spacial score (nSPS) is 10.1. The van der Waals surface area contributed by atoms with Crippen LogP contribution >= 0.6 is 0 Å². The van der Waals surface area contributed by atoms with Crippen molar-refractivity contribution in [2.75, 3.05) is 17.7 Å². The summed E-state index contributed by atoms with van der Waals surface area (Å²) in [6.45, 7) is 2.15. The van der Waals surface area contributed by atoms with E-state index < -0.39 is 0 Å². The van der Waals surface area contributed by atoms with Gasteiger partial charge in [0, 0.05) is 18.0 Å². The summed E-state index contributed by atoms with van der Waals surface area (Å²) in [5.74, 6) is 0.556. The number of amides is 1. The number of rotatable bonds is 5. The number of benzene rings is 1. The van der Waals surface area contributed by atoms with Crippen LogP contribution < -0.4 is 15.8 Å². The van der Waals surface area contributed by atoms with Gasteiger partial charge < -0.3 is 15.8 Å². The largest absolute Gasteiger partial charge is 0.493 e. The minimum Gasteiger partial charge on any atom is -0.493 e. The molecule has 0 fully saturated rings. The molecule has 2 aromatic rings. The van der Waals surface area contributed by atoms with Gasteiger partial charge in [-0.15, -0.1) is 0 Å². The van der Waals surface area contributed by atoms with Crippen molar-refractivity contribution in [1.82, 2.24) is 4.98 Å². The van der Waals surface area contributed by atoms with Crippen LogP contribution in [0.4, 0.5) is 11.4 Å². The Kier molecular flexibility index (Phi) is 4.55. The van der Waals surface area contributed by atoms with E-state index in [2.05, 4.69) is 10.3 Å². The average molecular weight is 271 g/mol. The number of pyridine rings is 1. The maximum atomic E-state index is 11.8. The summed E-state index contributed by atoms with van der Waals surface area (Å²) in [7, 11) is 0. The summed E-state index contributed by atoms with van der Waals surface area (Å²) in [6, 6.07) is 10.7. The quantitative estimate of drug-likeness (QED) is 0.818. The highest BCUT2D eigenvalue weighted by molar-refractivity contribution is 5.91. The maximum Gasteiger partial charge on any atom is 0.227 e. The molecule has 2 rings (SSSR count).